The van der Waals surface area contributed by atoms with Gasteiger partial charge in [0.25, 0.3) is 5.91 Å². The molecule has 2 aromatic rings. The average Bonchev–Trinajstić information content (AvgIpc) is 2.59. The molecule has 7 heteroatoms. The molecule has 7 nitrogen and oxygen atoms in total. The minimum atomic E-state index is -0.849. The molecular formula is C20H25NO6. The number of carbonyl (C=O) groups excluding carboxylic acids is 2. The summed E-state index contributed by atoms with van der Waals surface area (Å²) >= 11 is 0. The van der Waals surface area contributed by atoms with Gasteiger partial charge in [0, 0.05) is 17.5 Å². The fourth-order valence-corrected chi connectivity index (χ4v) is 2.75. The van der Waals surface area contributed by atoms with Crippen molar-refractivity contribution in [3.8, 4) is 5.75 Å². The standard InChI is InChI=1S/C20H25NO6/c1-11(2)8-16(20(24)25-5)21-19(23)13(4)26-14-6-7-15-12(3)9-18(22)27-17(15)10-14/h6-7,9-11,13,16H,8H2,1-5H3,(H,21,23). The molecule has 27 heavy (non-hydrogen) atoms. The second-order valence-electron chi connectivity index (χ2n) is 6.88. The molecule has 2 rings (SSSR count). The summed E-state index contributed by atoms with van der Waals surface area (Å²) in [6.07, 6.45) is -0.385. The maximum atomic E-state index is 12.4. The summed E-state index contributed by atoms with van der Waals surface area (Å²) in [7, 11) is 1.28. The van der Waals surface area contributed by atoms with Crippen LogP contribution in [0.25, 0.3) is 11.0 Å². The predicted molar refractivity (Wildman–Crippen MR) is 101 cm³/mol. The predicted octanol–water partition coefficient (Wildman–Crippen LogP) is 2.57. The third-order valence-electron chi connectivity index (χ3n) is 4.11. The normalized spacial score (nSPS) is 13.3. The third kappa shape index (κ3) is 5.32. The van der Waals surface area contributed by atoms with Crippen molar-refractivity contribution in [3.63, 3.8) is 0 Å². The molecule has 0 spiro atoms. The zero-order chi connectivity index (χ0) is 20.1. The van der Waals surface area contributed by atoms with Gasteiger partial charge in [-0.15, -0.1) is 0 Å². The molecule has 1 N–H and O–H groups in total. The molecule has 1 aromatic heterocycles. The monoisotopic (exact) mass is 375 g/mol. The smallest absolute Gasteiger partial charge is 0.336 e. The van der Waals surface area contributed by atoms with Crippen LogP contribution in [-0.4, -0.2) is 31.1 Å². The van der Waals surface area contributed by atoms with E-state index in [1.165, 1.54) is 13.2 Å². The number of aryl methyl sites for hydroxylation is 1. The first-order valence-corrected chi connectivity index (χ1v) is 8.80. The lowest BCUT2D eigenvalue weighted by Gasteiger charge is -2.21. The van der Waals surface area contributed by atoms with Gasteiger partial charge in [-0.05, 0) is 43.9 Å². The van der Waals surface area contributed by atoms with Gasteiger partial charge in [0.1, 0.15) is 17.4 Å². The van der Waals surface area contributed by atoms with Crippen LogP contribution in [0.4, 0.5) is 0 Å². The van der Waals surface area contributed by atoms with Gasteiger partial charge in [-0.1, -0.05) is 13.8 Å². The molecule has 0 saturated carbocycles. The molecule has 0 bridgehead atoms. The first kappa shape index (κ1) is 20.5. The molecule has 1 aromatic carbocycles. The van der Waals surface area contributed by atoms with Crippen LogP contribution in [0.5, 0.6) is 5.75 Å². The Bertz CT molecular complexity index is 886. The maximum absolute atomic E-state index is 12.4. The van der Waals surface area contributed by atoms with Crippen LogP contribution >= 0.6 is 0 Å². The Balaban J connectivity index is 2.12. The zero-order valence-electron chi connectivity index (χ0n) is 16.2. The summed E-state index contributed by atoms with van der Waals surface area (Å²) in [5.74, 6) is -0.335. The van der Waals surface area contributed by atoms with Crippen LogP contribution in [0.15, 0.2) is 33.5 Å². The van der Waals surface area contributed by atoms with E-state index in [9.17, 15) is 14.4 Å². The topological polar surface area (TPSA) is 94.8 Å². The van der Waals surface area contributed by atoms with Crippen LogP contribution < -0.4 is 15.7 Å². The van der Waals surface area contributed by atoms with Crippen LogP contribution in [0.3, 0.4) is 0 Å². The largest absolute Gasteiger partial charge is 0.481 e. The van der Waals surface area contributed by atoms with Gasteiger partial charge >= 0.3 is 11.6 Å². The SMILES string of the molecule is COC(=O)C(CC(C)C)NC(=O)C(C)Oc1ccc2c(C)cc(=O)oc2c1. The minimum Gasteiger partial charge on any atom is -0.481 e. The van der Waals surface area contributed by atoms with Crippen LogP contribution in [0, 0.1) is 12.8 Å². The second kappa shape index (κ2) is 8.70. The number of amides is 1. The summed E-state index contributed by atoms with van der Waals surface area (Å²) in [5.41, 5.74) is 0.739. The Hall–Kier alpha value is -2.83. The first-order valence-electron chi connectivity index (χ1n) is 8.80. The summed E-state index contributed by atoms with van der Waals surface area (Å²) in [4.78, 5) is 35.8. The quantitative estimate of drug-likeness (QED) is 0.590. The fourth-order valence-electron chi connectivity index (χ4n) is 2.75. The Kier molecular flexibility index (Phi) is 6.60. The van der Waals surface area contributed by atoms with Crippen molar-refractivity contribution in [1.82, 2.24) is 5.32 Å². The number of rotatable bonds is 7. The van der Waals surface area contributed by atoms with E-state index in [4.69, 9.17) is 13.9 Å². The van der Waals surface area contributed by atoms with Gasteiger partial charge < -0.3 is 19.2 Å². The van der Waals surface area contributed by atoms with E-state index in [0.29, 0.717) is 17.8 Å². The number of benzene rings is 1. The molecule has 0 aliphatic rings. The van der Waals surface area contributed by atoms with E-state index in [-0.39, 0.29) is 5.92 Å². The highest BCUT2D eigenvalue weighted by molar-refractivity contribution is 5.87. The van der Waals surface area contributed by atoms with Gasteiger partial charge in [-0.2, -0.15) is 0 Å². The number of esters is 1. The lowest BCUT2D eigenvalue weighted by Crippen LogP contribution is -2.47. The molecule has 0 aliphatic carbocycles. The van der Waals surface area contributed by atoms with E-state index in [0.717, 1.165) is 10.9 Å². The molecule has 0 saturated heterocycles. The Morgan fingerprint density at radius 1 is 1.19 bits per heavy atom. The molecule has 2 atom stereocenters. The van der Waals surface area contributed by atoms with Crippen LogP contribution in [-0.2, 0) is 14.3 Å². The van der Waals surface area contributed by atoms with Crippen molar-refractivity contribution < 1.29 is 23.5 Å². The van der Waals surface area contributed by atoms with Crippen molar-refractivity contribution in [1.29, 1.82) is 0 Å². The van der Waals surface area contributed by atoms with Gasteiger partial charge in [0.2, 0.25) is 0 Å². The number of ether oxygens (including phenoxy) is 2. The van der Waals surface area contributed by atoms with Gasteiger partial charge in [0.15, 0.2) is 6.10 Å². The molecule has 2 unspecified atom stereocenters. The molecule has 1 heterocycles. The van der Waals surface area contributed by atoms with Gasteiger partial charge in [-0.3, -0.25) is 4.79 Å². The van der Waals surface area contributed by atoms with E-state index < -0.39 is 29.6 Å². The number of hydrogen-bond donors (Lipinski definition) is 1. The summed E-state index contributed by atoms with van der Waals surface area (Å²) in [6.45, 7) is 7.30. The second-order valence-corrected chi connectivity index (χ2v) is 6.88. The van der Waals surface area contributed by atoms with Crippen molar-refractivity contribution in [2.75, 3.05) is 7.11 Å². The molecular weight excluding hydrogens is 350 g/mol. The Morgan fingerprint density at radius 3 is 2.52 bits per heavy atom. The van der Waals surface area contributed by atoms with Crippen LogP contribution in [0.1, 0.15) is 32.8 Å². The fraction of sp³-hybridized carbons (Fsp3) is 0.450. The van der Waals surface area contributed by atoms with Gasteiger partial charge in [-0.25, -0.2) is 9.59 Å². The first-order chi connectivity index (χ1) is 12.7. The maximum Gasteiger partial charge on any atom is 0.336 e. The average molecular weight is 375 g/mol. The molecule has 146 valence electrons. The minimum absolute atomic E-state index is 0.206. The highest BCUT2D eigenvalue weighted by atomic mass is 16.5. The summed E-state index contributed by atoms with van der Waals surface area (Å²) in [5, 5.41) is 3.46. The van der Waals surface area contributed by atoms with Gasteiger partial charge in [0.05, 0.1) is 7.11 Å². The number of hydrogen-bond acceptors (Lipinski definition) is 6. The molecule has 0 radical (unpaired) electrons. The van der Waals surface area contributed by atoms with Crippen LogP contribution in [0.2, 0.25) is 0 Å². The van der Waals surface area contributed by atoms with Crippen molar-refractivity contribution in [3.05, 3.63) is 40.2 Å². The van der Waals surface area contributed by atoms with Crippen molar-refractivity contribution in [2.24, 2.45) is 5.92 Å². The number of methoxy groups -OCH3 is 1. The Labute approximate surface area is 157 Å². The highest BCUT2D eigenvalue weighted by Crippen LogP contribution is 2.23. The van der Waals surface area contributed by atoms with Crippen molar-refractivity contribution >= 4 is 22.8 Å². The van der Waals surface area contributed by atoms with E-state index in [2.05, 4.69) is 5.32 Å². The molecule has 1 amide bonds. The lowest BCUT2D eigenvalue weighted by molar-refractivity contribution is -0.146. The van der Waals surface area contributed by atoms with Crippen molar-refractivity contribution in [2.45, 2.75) is 46.3 Å². The number of fused-ring (bicyclic) bond motifs is 1. The lowest BCUT2D eigenvalue weighted by atomic mass is 10.0. The summed E-state index contributed by atoms with van der Waals surface area (Å²) in [6, 6.07) is 5.72. The summed E-state index contributed by atoms with van der Waals surface area (Å²) < 4.78 is 15.6. The number of nitrogens with one attached hydrogen (secondary N) is 1. The molecule has 0 fully saturated rings. The van der Waals surface area contributed by atoms with E-state index >= 15 is 0 Å². The van der Waals surface area contributed by atoms with E-state index in [1.54, 1.807) is 25.1 Å². The Morgan fingerprint density at radius 2 is 1.89 bits per heavy atom. The molecule has 0 aliphatic heterocycles. The zero-order valence-corrected chi connectivity index (χ0v) is 16.2. The number of carbonyl (C=O) groups is 2. The highest BCUT2D eigenvalue weighted by Gasteiger charge is 2.25. The third-order valence-corrected chi connectivity index (χ3v) is 4.11. The van der Waals surface area contributed by atoms with E-state index in [1.807, 2.05) is 20.8 Å².